The Balaban J connectivity index is 1.58. The van der Waals surface area contributed by atoms with Crippen LogP contribution in [0.3, 0.4) is 0 Å². The van der Waals surface area contributed by atoms with Crippen LogP contribution in [-0.2, 0) is 19.0 Å². The van der Waals surface area contributed by atoms with E-state index >= 15 is 0 Å². The smallest absolute Gasteiger partial charge is 0.303 e. The number of esters is 1. The predicted molar refractivity (Wildman–Crippen MR) is 147 cm³/mol. The number of ether oxygens (including phenoxy) is 5. The molecule has 1 aromatic heterocycles. The number of aliphatic hydroxyl groups is 5. The zero-order valence-corrected chi connectivity index (χ0v) is 23.6. The van der Waals surface area contributed by atoms with Gasteiger partial charge in [-0.05, 0) is 38.1 Å². The fourth-order valence-corrected chi connectivity index (χ4v) is 5.02. The third kappa shape index (κ3) is 5.90. The lowest BCUT2D eigenvalue weighted by atomic mass is 9.99. The highest BCUT2D eigenvalue weighted by atomic mass is 16.7. The predicted octanol–water partition coefficient (Wildman–Crippen LogP) is -0.145. The van der Waals surface area contributed by atoms with E-state index in [2.05, 4.69) is 0 Å². The second kappa shape index (κ2) is 12.2. The molecular weight excluding hydrogens is 588 g/mol. The van der Waals surface area contributed by atoms with E-state index in [1.807, 2.05) is 0 Å². The summed E-state index contributed by atoms with van der Waals surface area (Å²) in [6.07, 6.45) is -14.3. The average Bonchev–Trinajstić information content (AvgIpc) is 2.97. The molecule has 2 fully saturated rings. The van der Waals surface area contributed by atoms with Crippen molar-refractivity contribution in [1.29, 1.82) is 0 Å². The Labute approximate surface area is 249 Å². The van der Waals surface area contributed by atoms with Crippen LogP contribution in [0.2, 0.25) is 0 Å². The van der Waals surface area contributed by atoms with Crippen molar-refractivity contribution >= 4 is 16.9 Å². The monoisotopic (exact) mass is 620 g/mol. The lowest BCUT2D eigenvalue weighted by Gasteiger charge is -2.40. The number of benzene rings is 2. The van der Waals surface area contributed by atoms with Gasteiger partial charge in [-0.25, -0.2) is 0 Å². The molecule has 0 unspecified atom stereocenters. The summed E-state index contributed by atoms with van der Waals surface area (Å²) >= 11 is 0. The zero-order chi connectivity index (χ0) is 32.0. The highest BCUT2D eigenvalue weighted by Gasteiger charge is 2.47. The van der Waals surface area contributed by atoms with E-state index in [1.165, 1.54) is 44.2 Å². The van der Waals surface area contributed by atoms with Gasteiger partial charge in [0.25, 0.3) is 0 Å². The van der Waals surface area contributed by atoms with Gasteiger partial charge in [-0.2, -0.15) is 0 Å². The minimum atomic E-state index is -1.75. The summed E-state index contributed by atoms with van der Waals surface area (Å²) < 4.78 is 33.5. The van der Waals surface area contributed by atoms with E-state index in [0.717, 1.165) is 13.0 Å². The molecule has 2 aliphatic heterocycles. The van der Waals surface area contributed by atoms with E-state index in [0.29, 0.717) is 0 Å². The maximum atomic E-state index is 13.8. The van der Waals surface area contributed by atoms with Crippen LogP contribution in [0.4, 0.5) is 0 Å². The SMILES string of the molecule is CC(=O)O[C@@H]1[C@H](O)[C@@H](Oc2c(-c3ccc(O)cc3)oc3cc(O[C@H]4O[C@H](C)[C@@H](O)[C@H](O)[C@@H]4O)cc(O)c3c2=O)O[C@H](C)[C@H]1O. The molecule has 2 aliphatic rings. The van der Waals surface area contributed by atoms with Gasteiger partial charge in [-0.1, -0.05) is 0 Å². The molecule has 3 aromatic rings. The number of carbonyl (C=O) groups is 1. The van der Waals surface area contributed by atoms with Crippen molar-refractivity contribution in [2.75, 3.05) is 0 Å². The van der Waals surface area contributed by atoms with Gasteiger partial charge in [0.15, 0.2) is 18.0 Å². The summed E-state index contributed by atoms with van der Waals surface area (Å²) in [5, 5.41) is 72.0. The van der Waals surface area contributed by atoms with Gasteiger partial charge in [0.1, 0.15) is 52.6 Å². The van der Waals surface area contributed by atoms with Crippen LogP contribution in [0.5, 0.6) is 23.0 Å². The number of rotatable bonds is 6. The fraction of sp³-hybridized carbons (Fsp3) is 0.448. The van der Waals surface area contributed by atoms with Crippen LogP contribution >= 0.6 is 0 Å². The molecule has 0 aliphatic carbocycles. The van der Waals surface area contributed by atoms with Gasteiger partial charge in [0, 0.05) is 24.6 Å². The summed E-state index contributed by atoms with van der Waals surface area (Å²) in [5.74, 6) is -2.42. The maximum Gasteiger partial charge on any atom is 0.303 e. The topological polar surface area (TPSA) is 235 Å². The minimum Gasteiger partial charge on any atom is -0.508 e. The van der Waals surface area contributed by atoms with Crippen LogP contribution in [0.15, 0.2) is 45.6 Å². The van der Waals surface area contributed by atoms with Crippen molar-refractivity contribution in [2.45, 2.75) is 82.2 Å². The molecule has 238 valence electrons. The number of aliphatic hydroxyl groups excluding tert-OH is 5. The number of phenols is 2. The van der Waals surface area contributed by atoms with Gasteiger partial charge in [0.05, 0.1) is 12.2 Å². The first-order valence-electron chi connectivity index (χ1n) is 13.6. The molecule has 10 atom stereocenters. The summed E-state index contributed by atoms with van der Waals surface area (Å²) in [7, 11) is 0. The van der Waals surface area contributed by atoms with Crippen LogP contribution in [0.1, 0.15) is 20.8 Å². The van der Waals surface area contributed by atoms with Crippen molar-refractivity contribution in [3.63, 3.8) is 0 Å². The van der Waals surface area contributed by atoms with Crippen LogP contribution in [-0.4, -0.2) is 103 Å². The summed E-state index contributed by atoms with van der Waals surface area (Å²) in [5.41, 5.74) is -0.918. The fourth-order valence-electron chi connectivity index (χ4n) is 5.02. The first-order valence-corrected chi connectivity index (χ1v) is 13.6. The second-order valence-corrected chi connectivity index (χ2v) is 10.6. The van der Waals surface area contributed by atoms with Crippen molar-refractivity contribution in [1.82, 2.24) is 0 Å². The number of aromatic hydroxyl groups is 2. The molecule has 0 amide bonds. The van der Waals surface area contributed by atoms with Gasteiger partial charge >= 0.3 is 5.97 Å². The van der Waals surface area contributed by atoms with Crippen molar-refractivity contribution in [2.24, 2.45) is 0 Å². The quantitative estimate of drug-likeness (QED) is 0.178. The van der Waals surface area contributed by atoms with Crippen molar-refractivity contribution in [3.05, 3.63) is 46.6 Å². The molecule has 2 saturated heterocycles. The third-order valence-electron chi connectivity index (χ3n) is 7.41. The molecule has 15 heteroatoms. The Hall–Kier alpha value is -3.96. The molecule has 44 heavy (non-hydrogen) atoms. The van der Waals surface area contributed by atoms with Crippen molar-refractivity contribution in [3.8, 4) is 34.3 Å². The van der Waals surface area contributed by atoms with E-state index in [4.69, 9.17) is 28.1 Å². The lowest BCUT2D eigenvalue weighted by molar-refractivity contribution is -0.272. The Bertz CT molecular complexity index is 1570. The molecule has 0 saturated carbocycles. The zero-order valence-electron chi connectivity index (χ0n) is 23.6. The molecule has 7 N–H and O–H groups in total. The Morgan fingerprint density at radius 2 is 1.41 bits per heavy atom. The van der Waals surface area contributed by atoms with Crippen LogP contribution in [0.25, 0.3) is 22.3 Å². The maximum absolute atomic E-state index is 13.8. The number of phenolic OH excluding ortho intramolecular Hbond substituents is 2. The molecule has 0 spiro atoms. The molecule has 3 heterocycles. The molecule has 0 radical (unpaired) electrons. The number of hydrogen-bond acceptors (Lipinski definition) is 15. The summed E-state index contributed by atoms with van der Waals surface area (Å²) in [6, 6.07) is 7.66. The van der Waals surface area contributed by atoms with E-state index in [-0.39, 0.29) is 33.8 Å². The molecular formula is C29H32O15. The normalized spacial score (nSPS) is 32.3. The largest absolute Gasteiger partial charge is 0.508 e. The van der Waals surface area contributed by atoms with E-state index in [1.54, 1.807) is 0 Å². The minimum absolute atomic E-state index is 0.0988. The lowest BCUT2D eigenvalue weighted by Crippen LogP contribution is -2.59. The van der Waals surface area contributed by atoms with Gasteiger partial charge in [0.2, 0.25) is 23.8 Å². The summed E-state index contributed by atoms with van der Waals surface area (Å²) in [4.78, 5) is 25.4. The van der Waals surface area contributed by atoms with E-state index < -0.39 is 84.3 Å². The third-order valence-corrected chi connectivity index (χ3v) is 7.41. The second-order valence-electron chi connectivity index (χ2n) is 10.6. The average molecular weight is 621 g/mol. The summed E-state index contributed by atoms with van der Waals surface area (Å²) in [6.45, 7) is 3.99. The number of hydrogen-bond donors (Lipinski definition) is 7. The van der Waals surface area contributed by atoms with Crippen LogP contribution < -0.4 is 14.9 Å². The Morgan fingerprint density at radius 1 is 0.795 bits per heavy atom. The Morgan fingerprint density at radius 3 is 2.05 bits per heavy atom. The first kappa shape index (κ1) is 31.5. The molecule has 15 nitrogen and oxygen atoms in total. The van der Waals surface area contributed by atoms with Crippen molar-refractivity contribution < 1.29 is 68.6 Å². The highest BCUT2D eigenvalue weighted by Crippen LogP contribution is 2.38. The van der Waals surface area contributed by atoms with E-state index in [9.17, 15) is 45.3 Å². The molecule has 0 bridgehead atoms. The number of fused-ring (bicyclic) bond motifs is 1. The molecule has 5 rings (SSSR count). The van der Waals surface area contributed by atoms with Crippen LogP contribution in [0, 0.1) is 0 Å². The van der Waals surface area contributed by atoms with Gasteiger partial charge in [-0.15, -0.1) is 0 Å². The van der Waals surface area contributed by atoms with Gasteiger partial charge < -0.3 is 63.8 Å². The highest BCUT2D eigenvalue weighted by molar-refractivity contribution is 5.88. The number of carbonyl (C=O) groups excluding carboxylic acids is 1. The van der Waals surface area contributed by atoms with Gasteiger partial charge in [-0.3, -0.25) is 9.59 Å². The first-order chi connectivity index (χ1) is 20.8. The Kier molecular flexibility index (Phi) is 8.73. The standard InChI is InChI=1S/C29H32O15/c1-10-19(33)22(36)23(37)28(39-10)42-15-8-16(32)18-17(9-15)43-25(13-4-6-14(31)7-5-13)27(21(18)35)44-29-24(38)26(41-12(3)30)20(34)11(2)40-29/h4-11,19-20,22-24,26,28-29,31-34,36-38H,1-3H3/t10-,11-,19-,20-,22+,23+,24+,26+,28-,29-/m1/s1. The molecule has 2 aromatic carbocycles.